The first-order valence-corrected chi connectivity index (χ1v) is 11.9. The van der Waals surface area contributed by atoms with Crippen molar-refractivity contribution in [1.82, 2.24) is 15.0 Å². The smallest absolute Gasteiger partial charge is 0.144 e. The minimum atomic E-state index is 0.123. The summed E-state index contributed by atoms with van der Waals surface area (Å²) in [6, 6.07) is 13.9. The molecule has 5 rings (SSSR count). The van der Waals surface area contributed by atoms with Gasteiger partial charge in [-0.2, -0.15) is 0 Å². The van der Waals surface area contributed by atoms with Gasteiger partial charge >= 0.3 is 0 Å². The SMILES string of the molecule is Cc1cccc(COc2ccc(N3CCC[C@@H]3C#Cc3cc4ncnc(N)c4s3)cc2Cl)n1. The second kappa shape index (κ2) is 9.26. The van der Waals surface area contributed by atoms with Crippen molar-refractivity contribution in [1.29, 1.82) is 0 Å². The van der Waals surface area contributed by atoms with E-state index in [2.05, 4.69) is 31.7 Å². The summed E-state index contributed by atoms with van der Waals surface area (Å²) in [4.78, 5) is 16.0. The monoisotopic (exact) mass is 475 g/mol. The Bertz CT molecular complexity index is 1380. The normalized spacial score (nSPS) is 15.5. The molecule has 3 aromatic heterocycles. The number of nitrogens with zero attached hydrogens (tertiary/aromatic N) is 4. The predicted octanol–water partition coefficient (Wildman–Crippen LogP) is 5.23. The lowest BCUT2D eigenvalue weighted by Gasteiger charge is -2.23. The topological polar surface area (TPSA) is 77.2 Å². The number of pyridine rings is 1. The van der Waals surface area contributed by atoms with Crippen LogP contribution in [0.15, 0.2) is 48.8 Å². The van der Waals surface area contributed by atoms with Crippen molar-refractivity contribution >= 4 is 44.7 Å². The summed E-state index contributed by atoms with van der Waals surface area (Å²) >= 11 is 8.08. The van der Waals surface area contributed by atoms with Crippen LogP contribution in [0, 0.1) is 18.8 Å². The van der Waals surface area contributed by atoms with Gasteiger partial charge in [0.15, 0.2) is 0 Å². The van der Waals surface area contributed by atoms with Crippen LogP contribution in [0.4, 0.5) is 11.5 Å². The van der Waals surface area contributed by atoms with Crippen molar-refractivity contribution in [2.24, 2.45) is 0 Å². The van der Waals surface area contributed by atoms with Gasteiger partial charge in [0.25, 0.3) is 0 Å². The van der Waals surface area contributed by atoms with Gasteiger partial charge in [0.05, 0.1) is 31.9 Å². The Morgan fingerprint density at radius 1 is 1.24 bits per heavy atom. The second-order valence-corrected chi connectivity index (χ2v) is 9.34. The predicted molar refractivity (Wildman–Crippen MR) is 134 cm³/mol. The lowest BCUT2D eigenvalue weighted by Crippen LogP contribution is -2.27. The van der Waals surface area contributed by atoms with Gasteiger partial charge in [-0.3, -0.25) is 4.98 Å². The van der Waals surface area contributed by atoms with E-state index in [1.165, 1.54) is 17.7 Å². The molecule has 1 aliphatic heterocycles. The first kappa shape index (κ1) is 21.5. The Morgan fingerprint density at radius 2 is 2.15 bits per heavy atom. The molecule has 0 spiro atoms. The van der Waals surface area contributed by atoms with E-state index in [-0.39, 0.29) is 6.04 Å². The van der Waals surface area contributed by atoms with E-state index >= 15 is 0 Å². The van der Waals surface area contributed by atoms with E-state index in [1.54, 1.807) is 0 Å². The summed E-state index contributed by atoms with van der Waals surface area (Å²) in [7, 11) is 0. The molecular weight excluding hydrogens is 454 g/mol. The molecule has 0 bridgehead atoms. The molecule has 1 saturated heterocycles. The first-order chi connectivity index (χ1) is 16.1. The van der Waals surface area contributed by atoms with Crippen LogP contribution < -0.4 is 15.4 Å². The van der Waals surface area contributed by atoms with Crippen LogP contribution in [0.2, 0.25) is 5.02 Å². The highest BCUT2D eigenvalue weighted by Gasteiger charge is 2.24. The maximum atomic E-state index is 6.55. The van der Waals surface area contributed by atoms with Crippen LogP contribution in [0.25, 0.3) is 10.2 Å². The van der Waals surface area contributed by atoms with Gasteiger partial charge < -0.3 is 15.4 Å². The molecule has 33 heavy (non-hydrogen) atoms. The number of benzene rings is 1. The summed E-state index contributed by atoms with van der Waals surface area (Å²) < 4.78 is 6.79. The number of halogens is 1. The first-order valence-electron chi connectivity index (χ1n) is 10.7. The summed E-state index contributed by atoms with van der Waals surface area (Å²) in [5, 5.41) is 0.581. The average Bonchev–Trinajstić information content (AvgIpc) is 3.44. The van der Waals surface area contributed by atoms with E-state index in [0.717, 1.165) is 51.6 Å². The molecule has 2 N–H and O–H groups in total. The van der Waals surface area contributed by atoms with Gasteiger partial charge in [0.2, 0.25) is 0 Å². The Labute approximate surface area is 201 Å². The minimum Gasteiger partial charge on any atom is -0.486 e. The molecular formula is C25H22ClN5OS. The van der Waals surface area contributed by atoms with Crippen molar-refractivity contribution in [2.45, 2.75) is 32.4 Å². The van der Waals surface area contributed by atoms with Crippen molar-refractivity contribution in [3.05, 3.63) is 70.1 Å². The van der Waals surface area contributed by atoms with Crippen LogP contribution in [-0.2, 0) is 6.61 Å². The van der Waals surface area contributed by atoms with Crippen LogP contribution in [-0.4, -0.2) is 27.5 Å². The largest absolute Gasteiger partial charge is 0.486 e. The van der Waals surface area contributed by atoms with Gasteiger partial charge in [0.1, 0.15) is 24.5 Å². The van der Waals surface area contributed by atoms with Crippen LogP contribution in [0.1, 0.15) is 29.1 Å². The zero-order valence-corrected chi connectivity index (χ0v) is 19.7. The molecule has 8 heteroatoms. The summed E-state index contributed by atoms with van der Waals surface area (Å²) in [5.74, 6) is 7.88. The summed E-state index contributed by atoms with van der Waals surface area (Å²) in [6.07, 6.45) is 3.57. The Hall–Kier alpha value is -3.34. The molecule has 0 radical (unpaired) electrons. The number of nitrogen functional groups attached to an aromatic ring is 1. The number of anilines is 2. The molecule has 4 aromatic rings. The number of aryl methyl sites for hydroxylation is 1. The molecule has 6 nitrogen and oxygen atoms in total. The Morgan fingerprint density at radius 3 is 2.97 bits per heavy atom. The third-order valence-electron chi connectivity index (χ3n) is 5.52. The van der Waals surface area contributed by atoms with E-state index in [1.807, 2.05) is 49.4 Å². The number of hydrogen-bond acceptors (Lipinski definition) is 7. The Kier molecular flexibility index (Phi) is 6.03. The lowest BCUT2D eigenvalue weighted by molar-refractivity contribution is 0.301. The number of nitrogens with two attached hydrogens (primary N) is 1. The van der Waals surface area contributed by atoms with Gasteiger partial charge in [-0.05, 0) is 56.2 Å². The fraction of sp³-hybridized carbons (Fsp3) is 0.240. The molecule has 1 atom stereocenters. The van der Waals surface area contributed by atoms with Crippen molar-refractivity contribution in [3.63, 3.8) is 0 Å². The zero-order chi connectivity index (χ0) is 22.8. The molecule has 4 heterocycles. The fourth-order valence-corrected chi connectivity index (χ4v) is 5.03. The van der Waals surface area contributed by atoms with E-state index < -0.39 is 0 Å². The van der Waals surface area contributed by atoms with Crippen molar-refractivity contribution in [2.75, 3.05) is 17.2 Å². The van der Waals surface area contributed by atoms with Crippen LogP contribution >= 0.6 is 22.9 Å². The molecule has 1 aliphatic rings. The zero-order valence-electron chi connectivity index (χ0n) is 18.1. The van der Waals surface area contributed by atoms with Crippen LogP contribution in [0.3, 0.4) is 0 Å². The number of rotatable bonds is 4. The quantitative estimate of drug-likeness (QED) is 0.407. The Balaban J connectivity index is 1.31. The molecule has 0 saturated carbocycles. The highest BCUT2D eigenvalue weighted by Crippen LogP contribution is 2.33. The van der Waals surface area contributed by atoms with E-state index in [9.17, 15) is 0 Å². The molecule has 0 aliphatic carbocycles. The minimum absolute atomic E-state index is 0.123. The van der Waals surface area contributed by atoms with Gasteiger partial charge in [-0.25, -0.2) is 9.97 Å². The summed E-state index contributed by atoms with van der Waals surface area (Å²) in [6.45, 7) is 3.28. The standard InChI is InChI=1S/C25H22ClN5OS/c1-16-4-2-5-17(30-16)14-32-23-10-8-19(12-21(23)26)31-11-3-6-18(31)7-9-20-13-22-24(33-20)25(27)29-15-28-22/h2,4-5,8,10,12-13,15,18H,3,6,11,14H2,1H3,(H2,27,28,29)/t18-/m1/s1. The molecule has 166 valence electrons. The van der Waals surface area contributed by atoms with Crippen molar-refractivity contribution in [3.8, 4) is 17.6 Å². The van der Waals surface area contributed by atoms with Gasteiger partial charge in [-0.15, -0.1) is 11.3 Å². The third-order valence-corrected chi connectivity index (χ3v) is 6.88. The molecule has 1 aromatic carbocycles. The summed E-state index contributed by atoms with van der Waals surface area (Å²) in [5.41, 5.74) is 9.67. The molecule has 1 fully saturated rings. The van der Waals surface area contributed by atoms with Crippen molar-refractivity contribution < 1.29 is 4.74 Å². The maximum Gasteiger partial charge on any atom is 0.144 e. The number of ether oxygens (including phenoxy) is 1. The van der Waals surface area contributed by atoms with Crippen LogP contribution in [0.5, 0.6) is 5.75 Å². The second-order valence-electron chi connectivity index (χ2n) is 7.88. The van der Waals surface area contributed by atoms with E-state index in [0.29, 0.717) is 23.2 Å². The highest BCUT2D eigenvalue weighted by molar-refractivity contribution is 7.20. The average molecular weight is 476 g/mol. The number of hydrogen-bond donors (Lipinski definition) is 1. The number of aromatic nitrogens is 3. The maximum absolute atomic E-state index is 6.55. The lowest BCUT2D eigenvalue weighted by atomic mass is 10.2. The van der Waals surface area contributed by atoms with Gasteiger partial charge in [-0.1, -0.05) is 29.5 Å². The molecule has 0 amide bonds. The highest BCUT2D eigenvalue weighted by atomic mass is 35.5. The third kappa shape index (κ3) is 4.72. The van der Waals surface area contributed by atoms with Gasteiger partial charge in [0, 0.05) is 17.9 Å². The molecule has 0 unspecified atom stereocenters. The number of fused-ring (bicyclic) bond motifs is 1. The fourth-order valence-electron chi connectivity index (χ4n) is 3.93. The number of thiophene rings is 1. The van der Waals surface area contributed by atoms with E-state index in [4.69, 9.17) is 22.1 Å².